The number of amides is 2. The average molecular weight is 347 g/mol. The zero-order valence-corrected chi connectivity index (χ0v) is 15.4. The third-order valence-electron chi connectivity index (χ3n) is 4.51. The minimum absolute atomic E-state index is 0.0609. The SMILES string of the molecule is C#CCNC(=O)[C@H](C)N1CCN(C(=O)c2cc(CC)c(C)s2)CC1. The Morgan fingerprint density at radius 2 is 2.04 bits per heavy atom. The Labute approximate surface area is 148 Å². The molecule has 2 heterocycles. The molecule has 0 spiro atoms. The van der Waals surface area contributed by atoms with E-state index in [0.717, 1.165) is 11.3 Å². The van der Waals surface area contributed by atoms with E-state index in [1.165, 1.54) is 10.4 Å². The van der Waals surface area contributed by atoms with Gasteiger partial charge in [-0.3, -0.25) is 14.5 Å². The maximum atomic E-state index is 12.6. The smallest absolute Gasteiger partial charge is 0.264 e. The van der Waals surface area contributed by atoms with Crippen LogP contribution in [0.3, 0.4) is 0 Å². The lowest BCUT2D eigenvalue weighted by molar-refractivity contribution is -0.126. The zero-order valence-electron chi connectivity index (χ0n) is 14.6. The maximum Gasteiger partial charge on any atom is 0.264 e. The van der Waals surface area contributed by atoms with Crippen LogP contribution < -0.4 is 5.32 Å². The summed E-state index contributed by atoms with van der Waals surface area (Å²) in [5.41, 5.74) is 1.25. The van der Waals surface area contributed by atoms with Gasteiger partial charge in [-0.1, -0.05) is 12.8 Å². The summed E-state index contributed by atoms with van der Waals surface area (Å²) in [6.45, 7) is 8.97. The van der Waals surface area contributed by atoms with E-state index in [2.05, 4.69) is 30.0 Å². The van der Waals surface area contributed by atoms with Crippen molar-refractivity contribution in [3.8, 4) is 12.3 Å². The molecule has 2 rings (SSSR count). The number of rotatable bonds is 5. The van der Waals surface area contributed by atoms with Crippen LogP contribution >= 0.6 is 11.3 Å². The Hall–Kier alpha value is -1.84. The summed E-state index contributed by atoms with van der Waals surface area (Å²) < 4.78 is 0. The van der Waals surface area contributed by atoms with Crippen LogP contribution in [0.1, 0.15) is 34.0 Å². The Morgan fingerprint density at radius 3 is 2.58 bits per heavy atom. The number of hydrogen-bond acceptors (Lipinski definition) is 4. The van der Waals surface area contributed by atoms with Crippen molar-refractivity contribution in [2.45, 2.75) is 33.2 Å². The van der Waals surface area contributed by atoms with Crippen LogP contribution in [-0.4, -0.2) is 60.4 Å². The largest absolute Gasteiger partial charge is 0.344 e. The predicted molar refractivity (Wildman–Crippen MR) is 97.2 cm³/mol. The normalized spacial score (nSPS) is 16.5. The minimum Gasteiger partial charge on any atom is -0.344 e. The molecule has 0 radical (unpaired) electrons. The molecule has 24 heavy (non-hydrogen) atoms. The molecule has 0 bridgehead atoms. The molecule has 0 aromatic carbocycles. The van der Waals surface area contributed by atoms with Crippen LogP contribution in [0.5, 0.6) is 0 Å². The Kier molecular flexibility index (Phi) is 6.41. The van der Waals surface area contributed by atoms with Crippen molar-refractivity contribution in [3.63, 3.8) is 0 Å². The summed E-state index contributed by atoms with van der Waals surface area (Å²) in [5.74, 6) is 2.45. The maximum absolute atomic E-state index is 12.6. The van der Waals surface area contributed by atoms with Crippen LogP contribution in [0.2, 0.25) is 0 Å². The average Bonchev–Trinajstić information content (AvgIpc) is 2.99. The lowest BCUT2D eigenvalue weighted by Gasteiger charge is -2.37. The highest BCUT2D eigenvalue weighted by Crippen LogP contribution is 2.24. The van der Waals surface area contributed by atoms with E-state index < -0.39 is 0 Å². The molecule has 0 aliphatic carbocycles. The molecule has 1 aliphatic heterocycles. The number of nitrogens with zero attached hydrogens (tertiary/aromatic N) is 2. The van der Waals surface area contributed by atoms with Gasteiger partial charge in [0.2, 0.25) is 5.91 Å². The van der Waals surface area contributed by atoms with E-state index in [1.54, 1.807) is 11.3 Å². The first kappa shape index (κ1) is 18.5. The Bertz CT molecular complexity index is 639. The molecular formula is C18H25N3O2S. The van der Waals surface area contributed by atoms with Gasteiger partial charge in [0.25, 0.3) is 5.91 Å². The first-order valence-electron chi connectivity index (χ1n) is 8.31. The molecule has 0 saturated carbocycles. The van der Waals surface area contributed by atoms with Crippen molar-refractivity contribution >= 4 is 23.2 Å². The first-order valence-corrected chi connectivity index (χ1v) is 9.13. The van der Waals surface area contributed by atoms with E-state index in [1.807, 2.05) is 17.9 Å². The second kappa shape index (κ2) is 8.32. The van der Waals surface area contributed by atoms with Gasteiger partial charge < -0.3 is 10.2 Å². The van der Waals surface area contributed by atoms with Crippen LogP contribution in [0.25, 0.3) is 0 Å². The molecular weight excluding hydrogens is 322 g/mol. The summed E-state index contributed by atoms with van der Waals surface area (Å²) in [7, 11) is 0. The number of terminal acetylenes is 1. The van der Waals surface area contributed by atoms with Gasteiger partial charge in [-0.05, 0) is 31.9 Å². The van der Waals surface area contributed by atoms with Crippen LogP contribution in [-0.2, 0) is 11.2 Å². The number of carbonyl (C=O) groups excluding carboxylic acids is 2. The van der Waals surface area contributed by atoms with Gasteiger partial charge in [0.15, 0.2) is 0 Å². The van der Waals surface area contributed by atoms with Crippen molar-refractivity contribution in [1.29, 1.82) is 0 Å². The molecule has 1 N–H and O–H groups in total. The Morgan fingerprint density at radius 1 is 1.38 bits per heavy atom. The molecule has 1 aromatic rings. The van der Waals surface area contributed by atoms with Crippen molar-refractivity contribution in [1.82, 2.24) is 15.1 Å². The summed E-state index contributed by atoms with van der Waals surface area (Å²) in [5, 5.41) is 2.71. The van der Waals surface area contributed by atoms with E-state index >= 15 is 0 Å². The number of piperazine rings is 1. The van der Waals surface area contributed by atoms with Gasteiger partial charge in [0.1, 0.15) is 0 Å². The quantitative estimate of drug-likeness (QED) is 0.822. The van der Waals surface area contributed by atoms with Crippen LogP contribution in [0, 0.1) is 19.3 Å². The van der Waals surface area contributed by atoms with Gasteiger partial charge in [0.05, 0.1) is 17.5 Å². The molecule has 1 atom stereocenters. The highest BCUT2D eigenvalue weighted by molar-refractivity contribution is 7.14. The number of nitrogens with one attached hydrogen (secondary N) is 1. The topological polar surface area (TPSA) is 52.7 Å². The molecule has 130 valence electrons. The van der Waals surface area contributed by atoms with Crippen molar-refractivity contribution in [2.24, 2.45) is 0 Å². The summed E-state index contributed by atoms with van der Waals surface area (Å²) >= 11 is 1.57. The first-order chi connectivity index (χ1) is 11.5. The van der Waals surface area contributed by atoms with Crippen molar-refractivity contribution in [2.75, 3.05) is 32.7 Å². The summed E-state index contributed by atoms with van der Waals surface area (Å²) in [6.07, 6.45) is 6.12. The van der Waals surface area contributed by atoms with E-state index in [0.29, 0.717) is 26.2 Å². The zero-order chi connectivity index (χ0) is 17.7. The molecule has 1 saturated heterocycles. The second-order valence-corrected chi connectivity index (χ2v) is 7.23. The molecule has 0 unspecified atom stereocenters. The molecule has 1 aliphatic rings. The molecule has 5 nitrogen and oxygen atoms in total. The third-order valence-corrected chi connectivity index (χ3v) is 5.59. The third kappa shape index (κ3) is 4.16. The van der Waals surface area contributed by atoms with E-state index in [-0.39, 0.29) is 24.4 Å². The highest BCUT2D eigenvalue weighted by Gasteiger charge is 2.28. The van der Waals surface area contributed by atoms with Crippen LogP contribution in [0.4, 0.5) is 0 Å². The number of hydrogen-bond donors (Lipinski definition) is 1. The fraction of sp³-hybridized carbons (Fsp3) is 0.556. The van der Waals surface area contributed by atoms with Gasteiger partial charge in [-0.15, -0.1) is 17.8 Å². The lowest BCUT2D eigenvalue weighted by atomic mass is 10.2. The summed E-state index contributed by atoms with van der Waals surface area (Å²) in [6, 6.07) is 1.79. The molecule has 2 amide bonds. The van der Waals surface area contributed by atoms with Crippen molar-refractivity contribution in [3.05, 3.63) is 21.4 Å². The number of thiophene rings is 1. The van der Waals surface area contributed by atoms with Gasteiger partial charge in [-0.2, -0.15) is 0 Å². The predicted octanol–water partition coefficient (Wildman–Crippen LogP) is 1.51. The Balaban J connectivity index is 1.91. The fourth-order valence-electron chi connectivity index (χ4n) is 2.90. The van der Waals surface area contributed by atoms with Gasteiger partial charge in [0, 0.05) is 31.1 Å². The molecule has 6 heteroatoms. The minimum atomic E-state index is -0.230. The van der Waals surface area contributed by atoms with Gasteiger partial charge >= 0.3 is 0 Å². The number of carbonyl (C=O) groups is 2. The van der Waals surface area contributed by atoms with E-state index in [4.69, 9.17) is 6.42 Å². The van der Waals surface area contributed by atoms with Crippen molar-refractivity contribution < 1.29 is 9.59 Å². The standard InChI is InChI=1S/C18H25N3O2S/c1-5-7-19-17(22)13(3)20-8-10-21(11-9-20)18(23)16-12-15(6-2)14(4)24-16/h1,12-13H,6-11H2,2-4H3,(H,19,22)/t13-/m0/s1. The summed E-state index contributed by atoms with van der Waals surface area (Å²) in [4.78, 5) is 30.6. The fourth-order valence-corrected chi connectivity index (χ4v) is 3.98. The number of aryl methyl sites for hydroxylation is 2. The molecule has 1 aromatic heterocycles. The second-order valence-electron chi connectivity index (χ2n) is 5.97. The highest BCUT2D eigenvalue weighted by atomic mass is 32.1. The van der Waals surface area contributed by atoms with Gasteiger partial charge in [-0.25, -0.2) is 0 Å². The monoisotopic (exact) mass is 347 g/mol. The lowest BCUT2D eigenvalue weighted by Crippen LogP contribution is -2.54. The van der Waals surface area contributed by atoms with E-state index in [9.17, 15) is 9.59 Å². The molecule has 1 fully saturated rings. The van der Waals surface area contributed by atoms with Crippen LogP contribution in [0.15, 0.2) is 6.07 Å².